The van der Waals surface area contributed by atoms with Crippen molar-refractivity contribution in [3.05, 3.63) is 77.9 Å². The van der Waals surface area contributed by atoms with E-state index in [4.69, 9.17) is 9.90 Å². The van der Waals surface area contributed by atoms with Crippen molar-refractivity contribution in [2.45, 2.75) is 38.8 Å². The van der Waals surface area contributed by atoms with Crippen LogP contribution < -0.4 is 5.32 Å². The third-order valence-electron chi connectivity index (χ3n) is 5.18. The Morgan fingerprint density at radius 2 is 1.54 bits per heavy atom. The third kappa shape index (κ3) is 7.56. The largest absolute Gasteiger partial charge is 0.490 e. The molecule has 37 heavy (non-hydrogen) atoms. The molecule has 1 heterocycles. The van der Waals surface area contributed by atoms with Crippen LogP contribution in [0.15, 0.2) is 66.7 Å². The van der Waals surface area contributed by atoms with Crippen LogP contribution in [0.4, 0.5) is 26.3 Å². The van der Waals surface area contributed by atoms with Crippen LogP contribution in [0, 0.1) is 0 Å². The summed E-state index contributed by atoms with van der Waals surface area (Å²) in [6.45, 7) is 5.04. The highest BCUT2D eigenvalue weighted by Crippen LogP contribution is 2.32. The highest BCUT2D eigenvalue weighted by molar-refractivity contribution is 5.80. The SMILES string of the molecule is CC(C)NCc1cccc(-c2ccc(-c3nc4ccc(C(F)(F)F)cc4[nH]3)cc2)c1.O=C(O)C(F)(F)F. The quantitative estimate of drug-likeness (QED) is 0.245. The molecule has 0 radical (unpaired) electrons. The van der Waals surface area contributed by atoms with Gasteiger partial charge >= 0.3 is 18.3 Å². The van der Waals surface area contributed by atoms with Crippen LogP contribution in [0.5, 0.6) is 0 Å². The lowest BCUT2D eigenvalue weighted by Crippen LogP contribution is -2.21. The van der Waals surface area contributed by atoms with E-state index in [1.165, 1.54) is 11.6 Å². The zero-order chi connectivity index (χ0) is 27.4. The number of rotatable bonds is 5. The number of H-pyrrole nitrogens is 1. The molecule has 196 valence electrons. The standard InChI is InChI=1S/C24H22F3N3.C2HF3O2/c1-15(2)28-14-16-4-3-5-19(12-16)17-6-8-18(9-7-17)23-29-21-11-10-20(24(25,26)27)13-22(21)30-23;3-2(4,5)1(6)7/h3-13,15,28H,14H2,1-2H3,(H,29,30);(H,6,7). The zero-order valence-corrected chi connectivity index (χ0v) is 19.7. The van der Waals surface area contributed by atoms with Gasteiger partial charge in [-0.3, -0.25) is 0 Å². The van der Waals surface area contributed by atoms with Crippen LogP contribution in [-0.2, 0) is 17.5 Å². The van der Waals surface area contributed by atoms with Crippen molar-refractivity contribution in [2.24, 2.45) is 0 Å². The molecule has 3 N–H and O–H groups in total. The molecule has 0 bridgehead atoms. The van der Waals surface area contributed by atoms with Gasteiger partial charge < -0.3 is 15.4 Å². The van der Waals surface area contributed by atoms with Gasteiger partial charge in [0.2, 0.25) is 0 Å². The Kier molecular flexibility index (Phi) is 8.27. The summed E-state index contributed by atoms with van der Waals surface area (Å²) in [5.41, 5.74) is 4.41. The molecule has 0 aliphatic rings. The minimum atomic E-state index is -5.08. The van der Waals surface area contributed by atoms with Gasteiger partial charge in [0, 0.05) is 18.2 Å². The third-order valence-corrected chi connectivity index (χ3v) is 5.18. The van der Waals surface area contributed by atoms with Gasteiger partial charge in [0.15, 0.2) is 0 Å². The van der Waals surface area contributed by atoms with Gasteiger partial charge in [-0.2, -0.15) is 26.3 Å². The minimum absolute atomic E-state index is 0.370. The Morgan fingerprint density at radius 3 is 2.11 bits per heavy atom. The molecule has 0 unspecified atom stereocenters. The molecule has 1 aromatic heterocycles. The Labute approximate surface area is 208 Å². The molecule has 4 aromatic rings. The molecule has 0 aliphatic heterocycles. The molecule has 0 spiro atoms. The number of halogens is 6. The molecule has 0 amide bonds. The number of hydrogen-bond donors (Lipinski definition) is 3. The van der Waals surface area contributed by atoms with Gasteiger partial charge in [-0.25, -0.2) is 9.78 Å². The van der Waals surface area contributed by atoms with Crippen molar-refractivity contribution < 1.29 is 36.2 Å². The van der Waals surface area contributed by atoms with E-state index in [0.717, 1.165) is 35.4 Å². The second kappa shape index (κ2) is 11.0. The number of carboxylic acids is 1. The van der Waals surface area contributed by atoms with Gasteiger partial charge in [0.05, 0.1) is 16.6 Å². The van der Waals surface area contributed by atoms with Crippen LogP contribution in [0.2, 0.25) is 0 Å². The van der Waals surface area contributed by atoms with E-state index >= 15 is 0 Å². The maximum atomic E-state index is 12.9. The smallest absolute Gasteiger partial charge is 0.475 e. The van der Waals surface area contributed by atoms with E-state index in [-0.39, 0.29) is 0 Å². The predicted molar refractivity (Wildman–Crippen MR) is 128 cm³/mol. The topological polar surface area (TPSA) is 78.0 Å². The fraction of sp³-hybridized carbons (Fsp3) is 0.231. The van der Waals surface area contributed by atoms with Crippen molar-refractivity contribution in [1.29, 1.82) is 0 Å². The van der Waals surface area contributed by atoms with Gasteiger partial charge in [0.1, 0.15) is 5.82 Å². The van der Waals surface area contributed by atoms with Crippen LogP contribution >= 0.6 is 0 Å². The van der Waals surface area contributed by atoms with Crippen molar-refractivity contribution in [2.75, 3.05) is 0 Å². The van der Waals surface area contributed by atoms with E-state index in [1.54, 1.807) is 0 Å². The lowest BCUT2D eigenvalue weighted by Gasteiger charge is -2.10. The summed E-state index contributed by atoms with van der Waals surface area (Å²) in [5.74, 6) is -2.21. The molecular formula is C26H23F6N3O2. The number of hydrogen-bond acceptors (Lipinski definition) is 3. The number of fused-ring (bicyclic) bond motifs is 1. The fourth-order valence-corrected chi connectivity index (χ4v) is 3.33. The van der Waals surface area contributed by atoms with Crippen LogP contribution in [0.25, 0.3) is 33.5 Å². The monoisotopic (exact) mass is 523 g/mol. The average molecular weight is 523 g/mol. The second-order valence-electron chi connectivity index (χ2n) is 8.43. The zero-order valence-electron chi connectivity index (χ0n) is 19.7. The van der Waals surface area contributed by atoms with E-state index in [0.29, 0.717) is 22.9 Å². The highest BCUT2D eigenvalue weighted by Gasteiger charge is 2.38. The maximum Gasteiger partial charge on any atom is 0.490 e. The second-order valence-corrected chi connectivity index (χ2v) is 8.43. The molecule has 0 saturated carbocycles. The molecular weight excluding hydrogens is 500 g/mol. The number of nitrogens with zero attached hydrogens (tertiary/aromatic N) is 1. The van der Waals surface area contributed by atoms with Crippen molar-refractivity contribution in [3.63, 3.8) is 0 Å². The predicted octanol–water partition coefficient (Wildman–Crippen LogP) is 7.05. The van der Waals surface area contributed by atoms with Gasteiger partial charge in [-0.15, -0.1) is 0 Å². The fourth-order valence-electron chi connectivity index (χ4n) is 3.33. The van der Waals surface area contributed by atoms with E-state index < -0.39 is 23.9 Å². The number of imidazole rings is 1. The Balaban J connectivity index is 0.000000479. The number of benzene rings is 3. The first-order valence-electron chi connectivity index (χ1n) is 11.0. The Bertz CT molecular complexity index is 1360. The lowest BCUT2D eigenvalue weighted by atomic mass is 10.0. The summed E-state index contributed by atoms with van der Waals surface area (Å²) in [5, 5.41) is 10.5. The Morgan fingerprint density at radius 1 is 0.919 bits per heavy atom. The summed E-state index contributed by atoms with van der Waals surface area (Å²) in [7, 11) is 0. The minimum Gasteiger partial charge on any atom is -0.475 e. The highest BCUT2D eigenvalue weighted by atomic mass is 19.4. The van der Waals surface area contributed by atoms with Crippen LogP contribution in [0.1, 0.15) is 25.0 Å². The first-order valence-corrected chi connectivity index (χ1v) is 11.0. The molecule has 11 heteroatoms. The van der Waals surface area contributed by atoms with Crippen LogP contribution in [0.3, 0.4) is 0 Å². The first-order chi connectivity index (χ1) is 17.2. The van der Waals surface area contributed by atoms with Gasteiger partial charge in [0.25, 0.3) is 0 Å². The summed E-state index contributed by atoms with van der Waals surface area (Å²) in [6.07, 6.45) is -9.46. The summed E-state index contributed by atoms with van der Waals surface area (Å²) < 4.78 is 70.5. The van der Waals surface area contributed by atoms with Crippen LogP contribution in [-0.4, -0.2) is 33.3 Å². The number of aliphatic carboxylic acids is 1. The van der Waals surface area contributed by atoms with Crippen molar-refractivity contribution >= 4 is 17.0 Å². The summed E-state index contributed by atoms with van der Waals surface area (Å²) in [6, 6.07) is 20.2. The summed E-state index contributed by atoms with van der Waals surface area (Å²) in [4.78, 5) is 16.3. The number of aromatic amines is 1. The molecule has 0 atom stereocenters. The van der Waals surface area contributed by atoms with Gasteiger partial charge in [-0.1, -0.05) is 56.3 Å². The van der Waals surface area contributed by atoms with E-state index in [1.807, 2.05) is 30.3 Å². The average Bonchev–Trinajstić information content (AvgIpc) is 3.26. The number of carboxylic acid groups (broad SMARTS) is 1. The molecule has 3 aromatic carbocycles. The first kappa shape index (κ1) is 27.7. The van der Waals surface area contributed by atoms with Gasteiger partial charge in [-0.05, 0) is 41.0 Å². The lowest BCUT2D eigenvalue weighted by molar-refractivity contribution is -0.192. The van der Waals surface area contributed by atoms with E-state index in [2.05, 4.69) is 47.3 Å². The molecule has 5 nitrogen and oxygen atoms in total. The molecule has 0 aliphatic carbocycles. The normalized spacial score (nSPS) is 11.9. The number of aromatic nitrogens is 2. The summed E-state index contributed by atoms with van der Waals surface area (Å²) >= 11 is 0. The molecule has 0 saturated heterocycles. The molecule has 4 rings (SSSR count). The Hall–Kier alpha value is -3.86. The number of alkyl halides is 6. The maximum absolute atomic E-state index is 12.9. The van der Waals surface area contributed by atoms with E-state index in [9.17, 15) is 26.3 Å². The number of nitrogens with one attached hydrogen (secondary N) is 2. The number of carbonyl (C=O) groups is 1. The van der Waals surface area contributed by atoms with Crippen molar-refractivity contribution in [3.8, 4) is 22.5 Å². The van der Waals surface area contributed by atoms with Crippen molar-refractivity contribution in [1.82, 2.24) is 15.3 Å². The molecule has 0 fully saturated rings.